The van der Waals surface area contributed by atoms with Gasteiger partial charge in [-0.15, -0.1) is 0 Å². The summed E-state index contributed by atoms with van der Waals surface area (Å²) >= 11 is 3.40. The fourth-order valence-electron chi connectivity index (χ4n) is 3.14. The minimum atomic E-state index is -0.779. The lowest BCUT2D eigenvalue weighted by Gasteiger charge is -2.13. The van der Waals surface area contributed by atoms with Crippen LogP contribution in [0.15, 0.2) is 46.9 Å². The van der Waals surface area contributed by atoms with Crippen molar-refractivity contribution in [2.75, 3.05) is 35.0 Å². The van der Waals surface area contributed by atoms with Crippen LogP contribution in [-0.2, 0) is 19.0 Å². The maximum atomic E-state index is 12.8. The van der Waals surface area contributed by atoms with E-state index in [0.29, 0.717) is 15.7 Å². The van der Waals surface area contributed by atoms with E-state index < -0.39 is 17.9 Å². The van der Waals surface area contributed by atoms with Gasteiger partial charge in [0.1, 0.15) is 11.3 Å². The van der Waals surface area contributed by atoms with E-state index in [1.54, 1.807) is 36.4 Å². The number of hydrogen-bond donors (Lipinski definition) is 0. The van der Waals surface area contributed by atoms with Gasteiger partial charge in [0.05, 0.1) is 38.6 Å². The van der Waals surface area contributed by atoms with Crippen molar-refractivity contribution >= 4 is 33.8 Å². The summed E-state index contributed by atoms with van der Waals surface area (Å²) < 4.78 is 27.1. The normalized spacial score (nSPS) is 10.4. The molecule has 0 aliphatic heterocycles. The summed E-state index contributed by atoms with van der Waals surface area (Å²) in [6, 6.07) is 12.0. The van der Waals surface area contributed by atoms with E-state index >= 15 is 0 Å². The molecule has 3 aromatic rings. The summed E-state index contributed by atoms with van der Waals surface area (Å²) in [5.41, 5.74) is 0.902. The zero-order chi connectivity index (χ0) is 24.8. The second-order valence-corrected chi connectivity index (χ2v) is 7.51. The van der Waals surface area contributed by atoms with Gasteiger partial charge in [-0.3, -0.25) is 0 Å². The number of esters is 3. The summed E-state index contributed by atoms with van der Waals surface area (Å²) in [6.45, 7) is -0.340. The summed E-state index contributed by atoms with van der Waals surface area (Å²) in [4.78, 5) is 37.0. The van der Waals surface area contributed by atoms with Gasteiger partial charge in [-0.05, 0) is 40.2 Å². The minimum absolute atomic E-state index is 0.0876. The molecule has 0 amide bonds. The van der Waals surface area contributed by atoms with Gasteiger partial charge >= 0.3 is 17.9 Å². The lowest BCUT2D eigenvalue weighted by atomic mass is 10.0. The molecule has 0 radical (unpaired) electrons. The third kappa shape index (κ3) is 4.88. The van der Waals surface area contributed by atoms with E-state index in [4.69, 9.17) is 18.9 Å². The lowest BCUT2D eigenvalue weighted by Crippen LogP contribution is -2.15. The Hall–Kier alpha value is -3.86. The Morgan fingerprint density at radius 1 is 0.941 bits per heavy atom. The van der Waals surface area contributed by atoms with Gasteiger partial charge in [-0.1, -0.05) is 18.2 Å². The monoisotopic (exact) mass is 532 g/mol. The van der Waals surface area contributed by atoms with E-state index in [2.05, 4.69) is 25.8 Å². The standard InChI is InChI=1S/C23H21BrN2O8/c1-30-16-11-13(10-15(24)21(16)34-12-17(27)31-2)19-18(22(28)32-3)20(23(29)33-4)26(25-19)14-8-6-5-7-9-14/h5-11H,12H2,1-4H3. The molecule has 0 atom stereocenters. The Kier molecular flexibility index (Phi) is 7.90. The molecular weight excluding hydrogens is 512 g/mol. The maximum Gasteiger partial charge on any atom is 0.357 e. The van der Waals surface area contributed by atoms with E-state index in [9.17, 15) is 14.4 Å². The number of nitrogens with zero attached hydrogens (tertiary/aromatic N) is 2. The average molecular weight is 533 g/mol. The smallest absolute Gasteiger partial charge is 0.357 e. The molecule has 0 aliphatic rings. The van der Waals surface area contributed by atoms with Gasteiger partial charge in [-0.25, -0.2) is 19.1 Å². The molecule has 178 valence electrons. The highest BCUT2D eigenvalue weighted by Gasteiger charge is 2.32. The molecule has 0 saturated carbocycles. The topological polar surface area (TPSA) is 115 Å². The van der Waals surface area contributed by atoms with E-state index in [0.717, 1.165) is 0 Å². The Labute approximate surface area is 203 Å². The van der Waals surface area contributed by atoms with Crippen molar-refractivity contribution < 1.29 is 38.1 Å². The first-order valence-electron chi connectivity index (χ1n) is 9.78. The Morgan fingerprint density at radius 3 is 2.21 bits per heavy atom. The van der Waals surface area contributed by atoms with Crippen molar-refractivity contribution in [2.24, 2.45) is 0 Å². The van der Waals surface area contributed by atoms with E-state index in [-0.39, 0.29) is 35.1 Å². The third-order valence-electron chi connectivity index (χ3n) is 4.72. The van der Waals surface area contributed by atoms with Crippen LogP contribution in [-0.4, -0.2) is 62.7 Å². The quantitative estimate of drug-likeness (QED) is 0.317. The van der Waals surface area contributed by atoms with Crippen molar-refractivity contribution in [3.63, 3.8) is 0 Å². The second-order valence-electron chi connectivity index (χ2n) is 6.66. The maximum absolute atomic E-state index is 12.8. The molecule has 0 fully saturated rings. The molecule has 11 heteroatoms. The number of rotatable bonds is 8. The molecule has 0 spiro atoms. The van der Waals surface area contributed by atoms with Gasteiger partial charge in [-0.2, -0.15) is 5.10 Å². The van der Waals surface area contributed by atoms with Gasteiger partial charge < -0.3 is 23.7 Å². The van der Waals surface area contributed by atoms with Crippen LogP contribution < -0.4 is 9.47 Å². The summed E-state index contributed by atoms with van der Waals surface area (Å²) in [5.74, 6) is -1.63. The third-order valence-corrected chi connectivity index (χ3v) is 5.31. The first-order valence-corrected chi connectivity index (χ1v) is 10.6. The van der Waals surface area contributed by atoms with E-state index in [1.807, 2.05) is 6.07 Å². The van der Waals surface area contributed by atoms with Crippen LogP contribution in [0.4, 0.5) is 0 Å². The van der Waals surface area contributed by atoms with Crippen molar-refractivity contribution in [1.82, 2.24) is 9.78 Å². The van der Waals surface area contributed by atoms with Crippen LogP contribution in [0.3, 0.4) is 0 Å². The molecule has 0 N–H and O–H groups in total. The SMILES string of the molecule is COC(=O)COc1c(Br)cc(-c2nn(-c3ccccc3)c(C(=O)OC)c2C(=O)OC)cc1OC. The van der Waals surface area contributed by atoms with Crippen molar-refractivity contribution in [1.29, 1.82) is 0 Å². The number of halogens is 1. The molecule has 10 nitrogen and oxygen atoms in total. The van der Waals surface area contributed by atoms with Crippen LogP contribution in [0, 0.1) is 0 Å². The van der Waals surface area contributed by atoms with E-state index in [1.165, 1.54) is 33.1 Å². The van der Waals surface area contributed by atoms with Gasteiger partial charge in [0, 0.05) is 5.56 Å². The molecule has 2 aromatic carbocycles. The first kappa shape index (κ1) is 24.8. The predicted molar refractivity (Wildman–Crippen MR) is 123 cm³/mol. The number of carbonyl (C=O) groups excluding carboxylic acids is 3. The minimum Gasteiger partial charge on any atom is -0.493 e. The summed E-state index contributed by atoms with van der Waals surface area (Å²) in [6.07, 6.45) is 0. The fraction of sp³-hybridized carbons (Fsp3) is 0.217. The van der Waals surface area contributed by atoms with Crippen LogP contribution >= 0.6 is 15.9 Å². The Balaban J connectivity index is 2.25. The molecule has 0 saturated heterocycles. The zero-order valence-corrected chi connectivity index (χ0v) is 20.4. The van der Waals surface area contributed by atoms with Crippen molar-refractivity contribution in [3.05, 3.63) is 58.2 Å². The molecule has 1 heterocycles. The van der Waals surface area contributed by atoms with Gasteiger partial charge in [0.2, 0.25) is 0 Å². The molecule has 0 unspecified atom stereocenters. The second kappa shape index (κ2) is 10.8. The average Bonchev–Trinajstić information content (AvgIpc) is 3.27. The molecule has 3 rings (SSSR count). The lowest BCUT2D eigenvalue weighted by molar-refractivity contribution is -0.142. The number of para-hydroxylation sites is 1. The number of ether oxygens (including phenoxy) is 5. The van der Waals surface area contributed by atoms with Gasteiger partial charge in [0.25, 0.3) is 0 Å². The van der Waals surface area contributed by atoms with Crippen LogP contribution in [0.1, 0.15) is 20.8 Å². The van der Waals surface area contributed by atoms with Crippen molar-refractivity contribution in [3.8, 4) is 28.4 Å². The molecule has 0 bridgehead atoms. The number of hydrogen-bond acceptors (Lipinski definition) is 9. The summed E-state index contributed by atoms with van der Waals surface area (Å²) in [7, 11) is 5.07. The highest BCUT2D eigenvalue weighted by atomic mass is 79.9. The summed E-state index contributed by atoms with van der Waals surface area (Å²) in [5, 5.41) is 4.55. The highest BCUT2D eigenvalue weighted by Crippen LogP contribution is 2.41. The van der Waals surface area contributed by atoms with Gasteiger partial charge in [0.15, 0.2) is 23.8 Å². The largest absolute Gasteiger partial charge is 0.493 e. The molecular formula is C23H21BrN2O8. The van der Waals surface area contributed by atoms with Crippen LogP contribution in [0.2, 0.25) is 0 Å². The van der Waals surface area contributed by atoms with Crippen LogP contribution in [0.5, 0.6) is 11.5 Å². The number of benzene rings is 2. The Morgan fingerprint density at radius 2 is 1.62 bits per heavy atom. The zero-order valence-electron chi connectivity index (χ0n) is 18.8. The number of carbonyl (C=O) groups is 3. The van der Waals surface area contributed by atoms with Crippen LogP contribution in [0.25, 0.3) is 16.9 Å². The van der Waals surface area contributed by atoms with Crippen molar-refractivity contribution in [2.45, 2.75) is 0 Å². The highest BCUT2D eigenvalue weighted by molar-refractivity contribution is 9.10. The fourth-order valence-corrected chi connectivity index (χ4v) is 3.70. The first-order chi connectivity index (χ1) is 16.4. The predicted octanol–water partition coefficient (Wildman–Crippen LogP) is 3.44. The number of aromatic nitrogens is 2. The number of methoxy groups -OCH3 is 4. The Bertz CT molecular complexity index is 1220. The molecule has 34 heavy (non-hydrogen) atoms. The molecule has 0 aliphatic carbocycles. The molecule has 1 aromatic heterocycles.